The van der Waals surface area contributed by atoms with E-state index in [9.17, 15) is 4.39 Å². The lowest BCUT2D eigenvalue weighted by atomic mass is 10.1. The zero-order valence-corrected chi connectivity index (χ0v) is 12.1. The van der Waals surface area contributed by atoms with E-state index in [-0.39, 0.29) is 5.82 Å². The van der Waals surface area contributed by atoms with E-state index < -0.39 is 0 Å². The molecule has 1 aromatic rings. The fraction of sp³-hybridized carbons (Fsp3) is 0.250. The molecule has 1 aliphatic heterocycles. The van der Waals surface area contributed by atoms with Gasteiger partial charge in [-0.15, -0.1) is 0 Å². The van der Waals surface area contributed by atoms with Gasteiger partial charge in [-0.05, 0) is 12.1 Å². The first-order valence-corrected chi connectivity index (χ1v) is 6.70. The van der Waals surface area contributed by atoms with Crippen molar-refractivity contribution in [1.82, 2.24) is 4.90 Å². The molecule has 0 atom stereocenters. The number of thiocarbonyl (C=S) groups is 1. The van der Waals surface area contributed by atoms with E-state index in [2.05, 4.69) is 15.9 Å². The summed E-state index contributed by atoms with van der Waals surface area (Å²) in [6.45, 7) is 1.03. The van der Waals surface area contributed by atoms with Gasteiger partial charge in [0, 0.05) is 28.0 Å². The minimum Gasteiger partial charge on any atom is -0.356 e. The molecule has 0 unspecified atom stereocenters. The molecule has 0 aromatic heterocycles. The molecule has 0 saturated heterocycles. The van der Waals surface area contributed by atoms with Gasteiger partial charge in [0.25, 0.3) is 0 Å². The molecule has 0 saturated carbocycles. The van der Waals surface area contributed by atoms with Gasteiger partial charge in [-0.25, -0.2) is 4.39 Å². The Morgan fingerprint density at radius 2 is 2.24 bits per heavy atom. The van der Waals surface area contributed by atoms with Gasteiger partial charge in [-0.2, -0.15) is 0 Å². The van der Waals surface area contributed by atoms with Crippen molar-refractivity contribution in [2.45, 2.75) is 13.0 Å². The normalized spacial score (nSPS) is 16.1. The molecule has 0 spiro atoms. The fourth-order valence-corrected chi connectivity index (χ4v) is 2.43. The maximum Gasteiger partial charge on any atom is 0.129 e. The minimum atomic E-state index is -0.229. The number of nitrogens with zero attached hydrogens (tertiary/aromatic N) is 1. The summed E-state index contributed by atoms with van der Waals surface area (Å²) in [6, 6.07) is 5.04. The molecule has 90 valence electrons. The van der Waals surface area contributed by atoms with Crippen LogP contribution in [0.2, 0.25) is 0 Å². The van der Waals surface area contributed by atoms with Gasteiger partial charge in [-0.1, -0.05) is 51.9 Å². The van der Waals surface area contributed by atoms with E-state index >= 15 is 0 Å². The molecule has 0 amide bonds. The number of rotatable bonds is 2. The van der Waals surface area contributed by atoms with Crippen LogP contribution in [0.25, 0.3) is 0 Å². The summed E-state index contributed by atoms with van der Waals surface area (Å²) >= 11 is 14.4. The first-order chi connectivity index (χ1) is 8.06. The van der Waals surface area contributed by atoms with Crippen molar-refractivity contribution in [2.75, 3.05) is 6.54 Å². The van der Waals surface area contributed by atoms with Crippen molar-refractivity contribution >= 4 is 44.7 Å². The van der Waals surface area contributed by atoms with Gasteiger partial charge < -0.3 is 4.90 Å². The lowest BCUT2D eigenvalue weighted by molar-refractivity contribution is 0.434. The molecule has 0 aliphatic carbocycles. The highest BCUT2D eigenvalue weighted by molar-refractivity contribution is 9.10. The third-order valence-corrected chi connectivity index (χ3v) is 3.76. The second-order valence-corrected chi connectivity index (χ2v) is 5.71. The van der Waals surface area contributed by atoms with Gasteiger partial charge in [0.2, 0.25) is 0 Å². The van der Waals surface area contributed by atoms with Crippen LogP contribution in [0.5, 0.6) is 0 Å². The van der Waals surface area contributed by atoms with Gasteiger partial charge in [0.1, 0.15) is 5.82 Å². The van der Waals surface area contributed by atoms with Gasteiger partial charge in [0.05, 0.1) is 11.5 Å². The lowest BCUT2D eigenvalue weighted by Crippen LogP contribution is -2.32. The molecule has 1 nitrogen and oxygen atoms in total. The molecule has 5 heteroatoms. The first-order valence-electron chi connectivity index (χ1n) is 5.12. The molecule has 17 heavy (non-hydrogen) atoms. The number of hydrogen-bond acceptors (Lipinski definition) is 1. The van der Waals surface area contributed by atoms with Gasteiger partial charge in [0.15, 0.2) is 0 Å². The van der Waals surface area contributed by atoms with Crippen LogP contribution in [-0.4, -0.2) is 16.4 Å². The Hall–Kier alpha value is -0.450. The van der Waals surface area contributed by atoms with Crippen LogP contribution in [0.4, 0.5) is 4.39 Å². The monoisotopic (exact) mass is 333 g/mol. The van der Waals surface area contributed by atoms with E-state index in [4.69, 9.17) is 23.8 Å². The fourth-order valence-electron chi connectivity index (χ4n) is 1.66. The van der Waals surface area contributed by atoms with Crippen LogP contribution < -0.4 is 0 Å². The Morgan fingerprint density at radius 3 is 2.94 bits per heavy atom. The van der Waals surface area contributed by atoms with Crippen molar-refractivity contribution in [2.24, 2.45) is 0 Å². The van der Waals surface area contributed by atoms with Gasteiger partial charge in [-0.3, -0.25) is 0 Å². The zero-order chi connectivity index (χ0) is 12.4. The molecule has 0 fully saturated rings. The molecule has 0 bridgehead atoms. The first kappa shape index (κ1) is 13.0. The average Bonchev–Trinajstić information content (AvgIpc) is 2.27. The second kappa shape index (κ2) is 5.46. The highest BCUT2D eigenvalue weighted by Gasteiger charge is 2.17. The van der Waals surface area contributed by atoms with E-state index in [0.717, 1.165) is 14.5 Å². The van der Waals surface area contributed by atoms with E-state index in [1.165, 1.54) is 6.07 Å². The molecular weight excluding hydrogens is 325 g/mol. The lowest BCUT2D eigenvalue weighted by Gasteiger charge is -2.28. The molecule has 0 N–H and O–H groups in total. The second-order valence-electron chi connectivity index (χ2n) is 3.84. The molecule has 1 heterocycles. The van der Waals surface area contributed by atoms with Gasteiger partial charge >= 0.3 is 0 Å². The standard InChI is InChI=1S/C12H10BrClFNS/c13-9-2-1-8(11(15)5-9)6-16-7-10(14)3-4-12(16)17/h1-3,5H,4,6-7H2. The van der Waals surface area contributed by atoms with Crippen molar-refractivity contribution in [1.29, 1.82) is 0 Å². The van der Waals surface area contributed by atoms with Crippen LogP contribution in [-0.2, 0) is 6.54 Å². The maximum atomic E-state index is 13.7. The Morgan fingerprint density at radius 1 is 1.47 bits per heavy atom. The Kier molecular flexibility index (Phi) is 4.17. The largest absolute Gasteiger partial charge is 0.356 e. The van der Waals surface area contributed by atoms with Crippen LogP contribution >= 0.6 is 39.7 Å². The van der Waals surface area contributed by atoms with Crippen molar-refractivity contribution in [3.63, 3.8) is 0 Å². The van der Waals surface area contributed by atoms with Crippen molar-refractivity contribution in [3.05, 3.63) is 45.2 Å². The summed E-state index contributed by atoms with van der Waals surface area (Å²) in [6.07, 6.45) is 2.56. The highest BCUT2D eigenvalue weighted by atomic mass is 79.9. The summed E-state index contributed by atoms with van der Waals surface area (Å²) in [7, 11) is 0. The third kappa shape index (κ3) is 3.27. The van der Waals surface area contributed by atoms with E-state index in [0.29, 0.717) is 25.1 Å². The maximum absolute atomic E-state index is 13.7. The Bertz CT molecular complexity index is 489. The number of hydrogen-bond donors (Lipinski definition) is 0. The number of halogens is 3. The van der Waals surface area contributed by atoms with Crippen LogP contribution in [0.15, 0.2) is 33.8 Å². The summed E-state index contributed by atoms with van der Waals surface area (Å²) < 4.78 is 14.4. The summed E-state index contributed by atoms with van der Waals surface area (Å²) in [5.74, 6) is -0.229. The van der Waals surface area contributed by atoms with Crippen molar-refractivity contribution in [3.8, 4) is 0 Å². The van der Waals surface area contributed by atoms with E-state index in [1.54, 1.807) is 6.07 Å². The van der Waals surface area contributed by atoms with Crippen molar-refractivity contribution < 1.29 is 4.39 Å². The highest BCUT2D eigenvalue weighted by Crippen LogP contribution is 2.21. The smallest absolute Gasteiger partial charge is 0.129 e. The minimum absolute atomic E-state index is 0.229. The topological polar surface area (TPSA) is 3.24 Å². The van der Waals surface area contributed by atoms with Crippen LogP contribution in [0.1, 0.15) is 12.0 Å². The predicted octanol–water partition coefficient (Wildman–Crippen LogP) is 4.24. The zero-order valence-electron chi connectivity index (χ0n) is 8.92. The molecular formula is C12H10BrClFNS. The van der Waals surface area contributed by atoms with Crippen LogP contribution in [0, 0.1) is 5.82 Å². The summed E-state index contributed by atoms with van der Waals surface area (Å²) in [4.78, 5) is 2.72. The number of benzene rings is 1. The summed E-state index contributed by atoms with van der Waals surface area (Å²) in [5.41, 5.74) is 0.627. The summed E-state index contributed by atoms with van der Waals surface area (Å²) in [5, 5.41) is 0.760. The predicted molar refractivity (Wildman–Crippen MR) is 75.7 cm³/mol. The Labute approximate surface area is 118 Å². The quantitative estimate of drug-likeness (QED) is 0.744. The average molecular weight is 335 g/mol. The third-order valence-electron chi connectivity index (χ3n) is 2.57. The van der Waals surface area contributed by atoms with E-state index in [1.807, 2.05) is 17.0 Å². The molecule has 1 aromatic carbocycles. The molecule has 1 aliphatic rings. The Balaban J connectivity index is 2.15. The SMILES string of the molecule is Fc1cc(Br)ccc1CN1CC(Cl)=CCC1=S. The van der Waals surface area contributed by atoms with Crippen LogP contribution in [0.3, 0.4) is 0 Å². The molecule has 0 radical (unpaired) electrons. The molecule has 2 rings (SSSR count).